The van der Waals surface area contributed by atoms with Gasteiger partial charge in [-0.3, -0.25) is 0 Å². The monoisotopic (exact) mass is 1090 g/mol. The van der Waals surface area contributed by atoms with Crippen LogP contribution in [0.3, 0.4) is 0 Å². The Bertz CT molecular complexity index is 3500. The van der Waals surface area contributed by atoms with Crippen molar-refractivity contribution in [3.63, 3.8) is 0 Å². The summed E-state index contributed by atoms with van der Waals surface area (Å²) in [4.78, 5) is -0.920. The van der Waals surface area contributed by atoms with Crippen molar-refractivity contribution in [3.8, 4) is 0 Å². The van der Waals surface area contributed by atoms with E-state index < -0.39 is 50.6 Å². The van der Waals surface area contributed by atoms with E-state index in [4.69, 9.17) is 0 Å². The molecule has 0 saturated heterocycles. The first-order chi connectivity index (χ1) is 32.9. The molecule has 15 nitrogen and oxygen atoms in total. The summed E-state index contributed by atoms with van der Waals surface area (Å²) in [5.74, 6) is 0. The van der Waals surface area contributed by atoms with E-state index in [0.29, 0.717) is 0 Å². The fourth-order valence-corrected chi connectivity index (χ4v) is 9.14. The third-order valence-electron chi connectivity index (χ3n) is 10.0. The summed E-state index contributed by atoms with van der Waals surface area (Å²) in [6.45, 7) is 0. The summed E-state index contributed by atoms with van der Waals surface area (Å²) in [7, 11) is -21.7. The second-order valence-corrected chi connectivity index (χ2v) is 21.7. The molecule has 0 saturated carbocycles. The molecule has 0 aliphatic rings. The van der Waals surface area contributed by atoms with Gasteiger partial charge in [0, 0.05) is 0 Å². The maximum Gasteiger partial charge on any atom is 3.00 e. The average Bonchev–Trinajstić information content (AvgIpc) is 3.32. The molecule has 0 unspecified atom stereocenters. The van der Waals surface area contributed by atoms with Crippen molar-refractivity contribution < 1.29 is 64.9 Å². The van der Waals surface area contributed by atoms with Crippen molar-refractivity contribution in [3.05, 3.63) is 212 Å². The molecule has 0 fully saturated rings. The van der Waals surface area contributed by atoms with Gasteiger partial charge < -0.3 is 22.8 Å². The van der Waals surface area contributed by atoms with E-state index in [0.717, 1.165) is 53.9 Å². The molecule has 0 radical (unpaired) electrons. The smallest absolute Gasteiger partial charge is 0.744 e. The number of rotatable bonds is 5. The van der Waals surface area contributed by atoms with Crippen LogP contribution in [0.1, 0.15) is 0 Å². The molecule has 0 bridgehead atoms. The van der Waals surface area contributed by atoms with Crippen molar-refractivity contribution in [1.29, 1.82) is 0 Å². The Morgan fingerprint density at radius 3 is 0.458 bits per heavy atom. The summed E-state index contributed by atoms with van der Waals surface area (Å²) >= 11 is 0. The van der Waals surface area contributed by atoms with Crippen molar-refractivity contribution >= 4 is 145 Å². The quantitative estimate of drug-likeness (QED) is 0.117. The largest absolute Gasteiger partial charge is 3.00 e. The Labute approximate surface area is 442 Å². The molecule has 10 rings (SSSR count). The van der Waals surface area contributed by atoms with Crippen molar-refractivity contribution in [2.45, 2.75) is 24.5 Å². The van der Waals surface area contributed by atoms with Crippen LogP contribution in [0, 0.1) is 0 Å². The first-order valence-electron chi connectivity index (χ1n) is 20.1. The van der Waals surface area contributed by atoms with Crippen LogP contribution >= 0.6 is 0 Å². The fourth-order valence-electron chi connectivity index (χ4n) is 6.61. The standard InChI is InChI=1S/5C10H8O3S.Al.Mg/c5*11-14(12,13)10-6-5-8-3-1-2-4-9(8)7-10;;/h5*1-7H,(H,11,12,13);;/q;;;;;+3;+2/p-5. The van der Waals surface area contributed by atoms with Gasteiger partial charge in [-0.1, -0.05) is 152 Å². The van der Waals surface area contributed by atoms with E-state index in [1.165, 1.54) is 60.7 Å². The van der Waals surface area contributed by atoms with Gasteiger partial charge in [0.1, 0.15) is 50.6 Å². The Morgan fingerprint density at radius 1 is 0.208 bits per heavy atom. The van der Waals surface area contributed by atoms with E-state index in [1.807, 2.05) is 60.7 Å². The first-order valence-corrected chi connectivity index (χ1v) is 27.1. The van der Waals surface area contributed by atoms with Gasteiger partial charge >= 0.3 is 40.4 Å². The third-order valence-corrected chi connectivity index (χ3v) is 14.2. The molecule has 0 aliphatic carbocycles. The maximum atomic E-state index is 10.7. The zero-order valence-corrected chi connectivity index (χ0v) is 43.8. The molecule has 0 aliphatic heterocycles. The Morgan fingerprint density at radius 2 is 0.333 bits per heavy atom. The summed E-state index contributed by atoms with van der Waals surface area (Å²) in [5.41, 5.74) is 0. The van der Waals surface area contributed by atoms with Gasteiger partial charge in [0.15, 0.2) is 0 Å². The van der Waals surface area contributed by atoms with Crippen molar-refractivity contribution in [2.75, 3.05) is 0 Å². The summed E-state index contributed by atoms with van der Waals surface area (Å²) < 4.78 is 161. The van der Waals surface area contributed by atoms with Crippen LogP contribution in [0.25, 0.3) is 53.9 Å². The molecule has 22 heteroatoms. The second-order valence-electron chi connectivity index (χ2n) is 14.8. The van der Waals surface area contributed by atoms with Crippen LogP contribution in [0.15, 0.2) is 237 Å². The van der Waals surface area contributed by atoms with Crippen LogP contribution < -0.4 is 0 Å². The van der Waals surface area contributed by atoms with E-state index in [9.17, 15) is 64.9 Å². The molecule has 10 aromatic rings. The van der Waals surface area contributed by atoms with Crippen LogP contribution in [0.2, 0.25) is 0 Å². The normalized spacial score (nSPS) is 11.5. The van der Waals surface area contributed by atoms with Gasteiger partial charge in [-0.15, -0.1) is 0 Å². The molecule has 360 valence electrons. The van der Waals surface area contributed by atoms with E-state index in [2.05, 4.69) is 0 Å². The Kier molecular flexibility index (Phi) is 20.3. The number of benzene rings is 10. The number of fused-ring (bicyclic) bond motifs is 5. The minimum Gasteiger partial charge on any atom is -0.744 e. The molecule has 0 amide bonds. The van der Waals surface area contributed by atoms with Gasteiger partial charge in [-0.2, -0.15) is 0 Å². The minimum absolute atomic E-state index is 0. The second kappa shape index (κ2) is 24.9. The summed E-state index contributed by atoms with van der Waals surface area (Å²) in [6.07, 6.45) is 0. The molecular formula is C50H35AlMgO15S5. The summed E-state index contributed by atoms with van der Waals surface area (Å²) in [6, 6.07) is 58.1. The zero-order valence-electron chi connectivity index (χ0n) is 37.2. The molecule has 72 heavy (non-hydrogen) atoms. The van der Waals surface area contributed by atoms with Crippen LogP contribution in [-0.2, 0) is 50.6 Å². The topological polar surface area (TPSA) is 286 Å². The molecule has 0 aromatic heterocycles. The fraction of sp³-hybridized carbons (Fsp3) is 0. The van der Waals surface area contributed by atoms with E-state index in [1.54, 1.807) is 91.0 Å². The third kappa shape index (κ3) is 16.7. The van der Waals surface area contributed by atoms with E-state index in [-0.39, 0.29) is 64.9 Å². The molecule has 0 atom stereocenters. The molecule has 0 N–H and O–H groups in total. The Balaban J connectivity index is 0.000000194. The zero-order chi connectivity index (χ0) is 50.9. The Hall–Kier alpha value is -5.65. The minimum atomic E-state index is -4.34. The van der Waals surface area contributed by atoms with Crippen molar-refractivity contribution in [2.24, 2.45) is 0 Å². The number of hydrogen-bond donors (Lipinski definition) is 0. The molecular weight excluding hydrogens is 1050 g/mol. The first kappa shape index (κ1) is 58.9. The van der Waals surface area contributed by atoms with Gasteiger partial charge in [0.25, 0.3) is 0 Å². The van der Waals surface area contributed by atoms with Crippen LogP contribution in [0.5, 0.6) is 0 Å². The van der Waals surface area contributed by atoms with Gasteiger partial charge in [0.05, 0.1) is 24.5 Å². The van der Waals surface area contributed by atoms with Gasteiger partial charge in [-0.05, 0) is 115 Å². The SMILES string of the molecule is O=S(=O)([O-])c1ccc2ccccc2c1.O=S(=O)([O-])c1ccc2ccccc2c1.O=S(=O)([O-])c1ccc2ccccc2c1.O=S(=O)([O-])c1ccc2ccccc2c1.O=S(=O)([O-])c1ccc2ccccc2c1.[Al+3].[Mg+2]. The van der Waals surface area contributed by atoms with Gasteiger partial charge in [0.2, 0.25) is 0 Å². The molecule has 0 spiro atoms. The average molecular weight is 1090 g/mol. The molecule has 0 heterocycles. The predicted octanol–water partition coefficient (Wildman–Crippen LogP) is 7.96. The maximum absolute atomic E-state index is 10.7. The van der Waals surface area contributed by atoms with Crippen LogP contribution in [-0.4, -0.2) is 105 Å². The van der Waals surface area contributed by atoms with E-state index >= 15 is 0 Å². The number of hydrogen-bond acceptors (Lipinski definition) is 15. The van der Waals surface area contributed by atoms with Gasteiger partial charge in [-0.25, -0.2) is 42.1 Å². The summed E-state index contributed by atoms with van der Waals surface area (Å²) in [5, 5.41) is 8.35. The van der Waals surface area contributed by atoms with Crippen LogP contribution in [0.4, 0.5) is 0 Å². The van der Waals surface area contributed by atoms with Crippen molar-refractivity contribution in [1.82, 2.24) is 0 Å². The predicted molar refractivity (Wildman–Crippen MR) is 271 cm³/mol. The molecule has 10 aromatic carbocycles.